The molecule has 7 nitrogen and oxygen atoms in total. The Morgan fingerprint density at radius 2 is 1.76 bits per heavy atom. The first-order valence-electron chi connectivity index (χ1n) is 10.1. The van der Waals surface area contributed by atoms with Crippen molar-refractivity contribution in [3.05, 3.63) is 50.2 Å². The molecule has 1 aromatic carbocycles. The lowest BCUT2D eigenvalue weighted by atomic mass is 10.1. The molecule has 4 N–H and O–H groups in total. The molecule has 158 valence electrons. The second kappa shape index (κ2) is 10.2. The number of nitrogens with one attached hydrogen (secondary N) is 2. The summed E-state index contributed by atoms with van der Waals surface area (Å²) >= 11 is 5.64. The van der Waals surface area contributed by atoms with Crippen molar-refractivity contribution in [2.45, 2.75) is 59.9 Å². The summed E-state index contributed by atoms with van der Waals surface area (Å²) in [4.78, 5) is 29.0. The largest absolute Gasteiger partial charge is 0.383 e. The van der Waals surface area contributed by atoms with Crippen molar-refractivity contribution in [1.29, 1.82) is 0 Å². The first-order valence-corrected chi connectivity index (χ1v) is 10.5. The quantitative estimate of drug-likeness (QED) is 0.569. The second-order valence-corrected chi connectivity index (χ2v) is 7.70. The van der Waals surface area contributed by atoms with E-state index in [4.69, 9.17) is 18.0 Å². The van der Waals surface area contributed by atoms with Crippen LogP contribution in [0.5, 0.6) is 0 Å². The van der Waals surface area contributed by atoms with Gasteiger partial charge in [0.15, 0.2) is 10.8 Å². The van der Waals surface area contributed by atoms with Gasteiger partial charge in [-0.15, -0.1) is 0 Å². The number of aromatic amines is 1. The highest BCUT2D eigenvalue weighted by Crippen LogP contribution is 2.21. The molecule has 0 atom stereocenters. The third-order valence-corrected chi connectivity index (χ3v) is 5.00. The van der Waals surface area contributed by atoms with E-state index < -0.39 is 11.2 Å². The Balaban J connectivity index is 2.47. The van der Waals surface area contributed by atoms with Crippen molar-refractivity contribution in [3.63, 3.8) is 0 Å². The fraction of sp³-hybridized carbons (Fsp3) is 0.476. The molecule has 0 bridgehead atoms. The molecule has 0 radical (unpaired) electrons. The molecule has 0 spiro atoms. The molecule has 0 fully saturated rings. The lowest BCUT2D eigenvalue weighted by Gasteiger charge is -2.27. The average Bonchev–Trinajstić information content (AvgIpc) is 2.63. The number of hydrogen-bond donors (Lipinski definition) is 3. The van der Waals surface area contributed by atoms with Crippen molar-refractivity contribution in [2.24, 2.45) is 0 Å². The fourth-order valence-corrected chi connectivity index (χ4v) is 3.55. The highest BCUT2D eigenvalue weighted by molar-refractivity contribution is 7.80. The van der Waals surface area contributed by atoms with Crippen LogP contribution < -0.4 is 27.2 Å². The van der Waals surface area contributed by atoms with E-state index in [2.05, 4.69) is 23.3 Å². The molecular formula is C21H31N5O2S. The molecule has 0 saturated carbocycles. The summed E-state index contributed by atoms with van der Waals surface area (Å²) in [6.07, 6.45) is 3.44. The Labute approximate surface area is 176 Å². The molecule has 0 aliphatic rings. The molecule has 0 aliphatic carbocycles. The molecule has 1 heterocycles. The SMILES string of the molecule is CCCCN(C(=S)Nc1cc(C)cc(C)c1)c1c(N)n(CCCC)c(=O)[nH]c1=O. The van der Waals surface area contributed by atoms with Crippen molar-refractivity contribution < 1.29 is 0 Å². The number of aromatic nitrogens is 2. The predicted octanol–water partition coefficient (Wildman–Crippen LogP) is 3.54. The maximum absolute atomic E-state index is 12.7. The van der Waals surface area contributed by atoms with E-state index in [0.29, 0.717) is 18.2 Å². The summed E-state index contributed by atoms with van der Waals surface area (Å²) in [6, 6.07) is 6.06. The minimum absolute atomic E-state index is 0.146. The van der Waals surface area contributed by atoms with E-state index in [1.165, 1.54) is 4.57 Å². The molecule has 2 aromatic rings. The Hall–Kier alpha value is -2.61. The second-order valence-electron chi connectivity index (χ2n) is 7.31. The van der Waals surface area contributed by atoms with Crippen LogP contribution in [0.4, 0.5) is 17.2 Å². The maximum Gasteiger partial charge on any atom is 0.330 e. The number of H-pyrrole nitrogens is 1. The van der Waals surface area contributed by atoms with Gasteiger partial charge in [-0.05, 0) is 62.2 Å². The monoisotopic (exact) mass is 417 g/mol. The third-order valence-electron chi connectivity index (χ3n) is 4.67. The smallest absolute Gasteiger partial charge is 0.330 e. The first kappa shape index (κ1) is 22.7. The number of hydrogen-bond acceptors (Lipinski definition) is 4. The van der Waals surface area contributed by atoms with Gasteiger partial charge in [-0.2, -0.15) is 0 Å². The first-order chi connectivity index (χ1) is 13.8. The Bertz CT molecular complexity index is 960. The van der Waals surface area contributed by atoms with Crippen LogP contribution >= 0.6 is 12.2 Å². The predicted molar refractivity (Wildman–Crippen MR) is 125 cm³/mol. The summed E-state index contributed by atoms with van der Waals surface area (Å²) in [5, 5.41) is 3.60. The number of nitrogens with zero attached hydrogens (tertiary/aromatic N) is 2. The molecule has 0 aliphatic heterocycles. The van der Waals surface area contributed by atoms with Crippen LogP contribution in [0.2, 0.25) is 0 Å². The number of anilines is 3. The summed E-state index contributed by atoms with van der Waals surface area (Å²) in [5.41, 5.74) is 8.57. The number of nitrogens with two attached hydrogens (primary N) is 1. The Kier molecular flexibility index (Phi) is 8.01. The molecule has 0 saturated heterocycles. The molecule has 8 heteroatoms. The topological polar surface area (TPSA) is 96.2 Å². The maximum atomic E-state index is 12.7. The van der Waals surface area contributed by atoms with Gasteiger partial charge in [0.05, 0.1) is 0 Å². The number of benzene rings is 1. The third kappa shape index (κ3) is 5.69. The average molecular weight is 418 g/mol. The lowest BCUT2D eigenvalue weighted by molar-refractivity contribution is 0.604. The van der Waals surface area contributed by atoms with Crippen LogP contribution in [0.3, 0.4) is 0 Å². The molecule has 2 rings (SSSR count). The zero-order chi connectivity index (χ0) is 21.6. The van der Waals surface area contributed by atoms with E-state index >= 15 is 0 Å². The summed E-state index contributed by atoms with van der Waals surface area (Å²) in [7, 11) is 0. The minimum atomic E-state index is -0.527. The highest BCUT2D eigenvalue weighted by atomic mass is 32.1. The number of aryl methyl sites for hydroxylation is 2. The van der Waals surface area contributed by atoms with Gasteiger partial charge in [-0.1, -0.05) is 32.8 Å². The van der Waals surface area contributed by atoms with E-state index in [-0.39, 0.29) is 11.5 Å². The number of nitrogen functional groups attached to an aromatic ring is 1. The molecule has 0 unspecified atom stereocenters. The van der Waals surface area contributed by atoms with Gasteiger partial charge in [-0.3, -0.25) is 14.3 Å². The summed E-state index contributed by atoms with van der Waals surface area (Å²) in [6.45, 7) is 9.10. The van der Waals surface area contributed by atoms with Crippen LogP contribution in [-0.2, 0) is 6.54 Å². The van der Waals surface area contributed by atoms with Crippen molar-refractivity contribution >= 4 is 34.5 Å². The van der Waals surface area contributed by atoms with Gasteiger partial charge < -0.3 is 16.0 Å². The standard InChI is InChI=1S/C21H31N5O2S/c1-5-7-9-25(21(29)23-16-12-14(3)11-15(4)13-16)17-18(22)26(10-8-6-2)20(28)24-19(17)27/h11-13H,5-10,22H2,1-4H3,(H,23,29)(H,24,27,28). The summed E-state index contributed by atoms with van der Waals surface area (Å²) in [5.74, 6) is 0.146. The van der Waals surface area contributed by atoms with Crippen LogP contribution in [0.1, 0.15) is 50.7 Å². The van der Waals surface area contributed by atoms with Crippen LogP contribution in [0.25, 0.3) is 0 Å². The van der Waals surface area contributed by atoms with E-state index in [1.807, 2.05) is 32.9 Å². The summed E-state index contributed by atoms with van der Waals surface area (Å²) < 4.78 is 1.42. The minimum Gasteiger partial charge on any atom is -0.383 e. The van der Waals surface area contributed by atoms with Gasteiger partial charge >= 0.3 is 5.69 Å². The van der Waals surface area contributed by atoms with Crippen LogP contribution in [0, 0.1) is 13.8 Å². The molecular weight excluding hydrogens is 386 g/mol. The molecule has 29 heavy (non-hydrogen) atoms. The van der Waals surface area contributed by atoms with Gasteiger partial charge in [0.2, 0.25) is 0 Å². The van der Waals surface area contributed by atoms with Gasteiger partial charge in [0.1, 0.15) is 5.82 Å². The van der Waals surface area contributed by atoms with Crippen LogP contribution in [-0.4, -0.2) is 21.2 Å². The Morgan fingerprint density at radius 1 is 1.14 bits per heavy atom. The fourth-order valence-electron chi connectivity index (χ4n) is 3.25. The van der Waals surface area contributed by atoms with E-state index in [0.717, 1.165) is 42.5 Å². The molecule has 1 aromatic heterocycles. The van der Waals surface area contributed by atoms with Crippen molar-refractivity contribution in [2.75, 3.05) is 22.5 Å². The van der Waals surface area contributed by atoms with Crippen molar-refractivity contribution in [1.82, 2.24) is 9.55 Å². The zero-order valence-electron chi connectivity index (χ0n) is 17.7. The van der Waals surface area contributed by atoms with Gasteiger partial charge in [0, 0.05) is 18.8 Å². The zero-order valence-corrected chi connectivity index (χ0v) is 18.5. The highest BCUT2D eigenvalue weighted by Gasteiger charge is 2.22. The van der Waals surface area contributed by atoms with Crippen molar-refractivity contribution in [3.8, 4) is 0 Å². The number of unbranched alkanes of at least 4 members (excludes halogenated alkanes) is 2. The van der Waals surface area contributed by atoms with E-state index in [1.54, 1.807) is 4.90 Å². The lowest BCUT2D eigenvalue weighted by Crippen LogP contribution is -2.43. The van der Waals surface area contributed by atoms with Gasteiger partial charge in [-0.25, -0.2) is 4.79 Å². The number of rotatable bonds is 8. The Morgan fingerprint density at radius 3 is 2.34 bits per heavy atom. The number of thiocarbonyl (C=S) groups is 1. The van der Waals surface area contributed by atoms with E-state index in [9.17, 15) is 9.59 Å². The van der Waals surface area contributed by atoms with Gasteiger partial charge in [0.25, 0.3) is 5.56 Å². The molecule has 0 amide bonds. The van der Waals surface area contributed by atoms with Crippen LogP contribution in [0.15, 0.2) is 27.8 Å². The normalized spacial score (nSPS) is 10.8.